The molecule has 0 spiro atoms. The molecule has 0 amide bonds. The average Bonchev–Trinajstić information content (AvgIpc) is 3.06. The lowest BCUT2D eigenvalue weighted by molar-refractivity contribution is 0.277. The van der Waals surface area contributed by atoms with E-state index in [2.05, 4.69) is 41.4 Å². The lowest BCUT2D eigenvalue weighted by Gasteiger charge is -2.22. The van der Waals surface area contributed by atoms with Crippen molar-refractivity contribution < 1.29 is 0 Å². The quantitative estimate of drug-likeness (QED) is 0.866. The fourth-order valence-corrected chi connectivity index (χ4v) is 3.68. The van der Waals surface area contributed by atoms with Crippen LogP contribution in [0.25, 0.3) is 0 Å². The Balaban J connectivity index is 1.51. The number of hydrogen-bond acceptors (Lipinski definition) is 3. The van der Waals surface area contributed by atoms with E-state index in [1.54, 1.807) is 0 Å². The molecule has 1 saturated heterocycles. The van der Waals surface area contributed by atoms with Crippen LogP contribution in [0.1, 0.15) is 49.4 Å². The normalized spacial score (nSPS) is 27.7. The van der Waals surface area contributed by atoms with Gasteiger partial charge in [0.25, 0.3) is 0 Å². The molecule has 0 saturated carbocycles. The third kappa shape index (κ3) is 3.05. The fourth-order valence-electron chi connectivity index (χ4n) is 3.68. The number of nitrogens with two attached hydrogens (primary N) is 1. The Kier molecular flexibility index (Phi) is 4.39. The highest BCUT2D eigenvalue weighted by atomic mass is 15.1. The smallest absolute Gasteiger partial charge is 0.0341 e. The predicted octanol–water partition coefficient (Wildman–Crippen LogP) is 2.45. The van der Waals surface area contributed by atoms with Gasteiger partial charge in [0.15, 0.2) is 0 Å². The maximum Gasteiger partial charge on any atom is 0.0341 e. The number of likely N-dealkylation sites (tertiary alicyclic amines) is 1. The average molecular weight is 273 g/mol. The van der Waals surface area contributed by atoms with Gasteiger partial charge >= 0.3 is 0 Å². The summed E-state index contributed by atoms with van der Waals surface area (Å²) in [5, 5.41) is 3.74. The van der Waals surface area contributed by atoms with Gasteiger partial charge in [0.05, 0.1) is 0 Å². The number of nitrogens with zero attached hydrogens (tertiary/aromatic N) is 1. The van der Waals surface area contributed by atoms with Crippen LogP contribution in [0.15, 0.2) is 24.3 Å². The van der Waals surface area contributed by atoms with E-state index < -0.39 is 0 Å². The molecular formula is C17H27N3. The number of hydrogen-bond donors (Lipinski definition) is 2. The third-order valence-electron chi connectivity index (χ3n) is 4.74. The van der Waals surface area contributed by atoms with E-state index in [1.165, 1.54) is 43.6 Å². The first-order valence-electron chi connectivity index (χ1n) is 8.04. The van der Waals surface area contributed by atoms with E-state index in [-0.39, 0.29) is 6.04 Å². The van der Waals surface area contributed by atoms with E-state index >= 15 is 0 Å². The summed E-state index contributed by atoms with van der Waals surface area (Å²) >= 11 is 0. The van der Waals surface area contributed by atoms with Crippen LogP contribution in [0.4, 0.5) is 0 Å². The monoisotopic (exact) mass is 273 g/mol. The number of rotatable bonds is 5. The molecule has 1 heterocycles. The van der Waals surface area contributed by atoms with Crippen molar-refractivity contribution in [3.8, 4) is 0 Å². The van der Waals surface area contributed by atoms with Crippen LogP contribution in [0, 0.1) is 5.92 Å². The zero-order valence-corrected chi connectivity index (χ0v) is 12.5. The topological polar surface area (TPSA) is 41.3 Å². The fraction of sp³-hybridized carbons (Fsp3) is 0.647. The summed E-state index contributed by atoms with van der Waals surface area (Å²) in [5.41, 5.74) is 8.97. The summed E-state index contributed by atoms with van der Waals surface area (Å²) in [5.74, 6) is 0.706. The first kappa shape index (κ1) is 14.1. The van der Waals surface area contributed by atoms with Crippen molar-refractivity contribution in [3.05, 3.63) is 35.4 Å². The standard InChI is InChI=1S/C17H27N3/c1-13(12-20-8-4-5-9-20)11-19-17-10-16(18)14-6-2-3-7-15(14)17/h2-3,6-7,13,16-17,19H,4-5,8-12,18H2,1H3. The zero-order chi connectivity index (χ0) is 13.9. The first-order valence-corrected chi connectivity index (χ1v) is 8.04. The van der Waals surface area contributed by atoms with Crippen LogP contribution in [-0.4, -0.2) is 31.1 Å². The van der Waals surface area contributed by atoms with E-state index in [9.17, 15) is 0 Å². The minimum Gasteiger partial charge on any atom is -0.324 e. The molecule has 1 aliphatic heterocycles. The highest BCUT2D eigenvalue weighted by molar-refractivity contribution is 5.37. The Hall–Kier alpha value is -0.900. The van der Waals surface area contributed by atoms with Gasteiger partial charge in [-0.05, 0) is 55.9 Å². The Morgan fingerprint density at radius 1 is 1.25 bits per heavy atom. The van der Waals surface area contributed by atoms with Crippen molar-refractivity contribution in [2.24, 2.45) is 11.7 Å². The Morgan fingerprint density at radius 2 is 1.95 bits per heavy atom. The minimum atomic E-state index is 0.206. The van der Waals surface area contributed by atoms with E-state index in [1.807, 2.05) is 0 Å². The highest BCUT2D eigenvalue weighted by Gasteiger charge is 2.28. The molecule has 3 nitrogen and oxygen atoms in total. The van der Waals surface area contributed by atoms with Gasteiger partial charge < -0.3 is 16.0 Å². The maximum absolute atomic E-state index is 6.23. The molecule has 2 aliphatic rings. The van der Waals surface area contributed by atoms with Crippen molar-refractivity contribution in [1.29, 1.82) is 0 Å². The van der Waals surface area contributed by atoms with Gasteiger partial charge in [-0.3, -0.25) is 0 Å². The van der Waals surface area contributed by atoms with Crippen molar-refractivity contribution in [2.45, 2.75) is 38.3 Å². The van der Waals surface area contributed by atoms with Crippen LogP contribution in [0.2, 0.25) is 0 Å². The second-order valence-electron chi connectivity index (χ2n) is 6.54. The van der Waals surface area contributed by atoms with Gasteiger partial charge in [0.2, 0.25) is 0 Å². The molecule has 3 unspecified atom stereocenters. The molecule has 3 atom stereocenters. The lowest BCUT2D eigenvalue weighted by Crippen LogP contribution is -2.33. The second-order valence-corrected chi connectivity index (χ2v) is 6.54. The summed E-state index contributed by atoms with van der Waals surface area (Å²) in [6.07, 6.45) is 3.80. The number of nitrogens with one attached hydrogen (secondary N) is 1. The molecule has 1 fully saturated rings. The molecule has 110 valence electrons. The molecule has 1 aliphatic carbocycles. The van der Waals surface area contributed by atoms with Crippen LogP contribution in [0.3, 0.4) is 0 Å². The largest absolute Gasteiger partial charge is 0.324 e. The van der Waals surface area contributed by atoms with Crippen molar-refractivity contribution in [1.82, 2.24) is 10.2 Å². The SMILES string of the molecule is CC(CNC1CC(N)c2ccccc21)CN1CCCC1. The number of fused-ring (bicyclic) bond motifs is 1. The summed E-state index contributed by atoms with van der Waals surface area (Å²) in [4.78, 5) is 2.60. The van der Waals surface area contributed by atoms with E-state index in [4.69, 9.17) is 5.73 Å². The summed E-state index contributed by atoms with van der Waals surface area (Å²) in [6, 6.07) is 9.27. The molecule has 0 aromatic heterocycles. The molecule has 1 aromatic rings. The second kappa shape index (κ2) is 6.25. The van der Waals surface area contributed by atoms with Crippen molar-refractivity contribution in [3.63, 3.8) is 0 Å². The molecule has 3 rings (SSSR count). The summed E-state index contributed by atoms with van der Waals surface area (Å²) < 4.78 is 0. The summed E-state index contributed by atoms with van der Waals surface area (Å²) in [6.45, 7) is 7.25. The zero-order valence-electron chi connectivity index (χ0n) is 12.5. The van der Waals surface area contributed by atoms with Gasteiger partial charge in [-0.1, -0.05) is 31.2 Å². The predicted molar refractivity (Wildman–Crippen MR) is 83.6 cm³/mol. The third-order valence-corrected chi connectivity index (χ3v) is 4.74. The van der Waals surface area contributed by atoms with E-state index in [0.717, 1.165) is 13.0 Å². The van der Waals surface area contributed by atoms with Gasteiger partial charge in [0.1, 0.15) is 0 Å². The van der Waals surface area contributed by atoms with Crippen LogP contribution < -0.4 is 11.1 Å². The van der Waals surface area contributed by atoms with E-state index in [0.29, 0.717) is 12.0 Å². The first-order chi connectivity index (χ1) is 9.74. The molecule has 3 N–H and O–H groups in total. The van der Waals surface area contributed by atoms with Gasteiger partial charge in [0, 0.05) is 18.6 Å². The summed E-state index contributed by atoms with van der Waals surface area (Å²) in [7, 11) is 0. The molecule has 3 heteroatoms. The molecular weight excluding hydrogens is 246 g/mol. The van der Waals surface area contributed by atoms with Crippen LogP contribution in [0.5, 0.6) is 0 Å². The van der Waals surface area contributed by atoms with Crippen LogP contribution in [-0.2, 0) is 0 Å². The molecule has 0 radical (unpaired) electrons. The Labute approximate surface area is 122 Å². The van der Waals surface area contributed by atoms with Crippen molar-refractivity contribution in [2.75, 3.05) is 26.2 Å². The minimum absolute atomic E-state index is 0.206. The van der Waals surface area contributed by atoms with Crippen LogP contribution >= 0.6 is 0 Å². The van der Waals surface area contributed by atoms with Gasteiger partial charge in [-0.15, -0.1) is 0 Å². The van der Waals surface area contributed by atoms with Gasteiger partial charge in [-0.25, -0.2) is 0 Å². The molecule has 0 bridgehead atoms. The number of benzene rings is 1. The molecule has 20 heavy (non-hydrogen) atoms. The van der Waals surface area contributed by atoms with Gasteiger partial charge in [-0.2, -0.15) is 0 Å². The van der Waals surface area contributed by atoms with Crippen molar-refractivity contribution >= 4 is 0 Å². The maximum atomic E-state index is 6.23. The highest BCUT2D eigenvalue weighted by Crippen LogP contribution is 2.36. The Morgan fingerprint density at radius 3 is 2.70 bits per heavy atom. The Bertz CT molecular complexity index is 440. The molecule has 1 aromatic carbocycles. The lowest BCUT2D eigenvalue weighted by atomic mass is 10.1.